The molecule has 0 aromatic heterocycles. The number of carbonyl (C=O) groups is 1. The molecule has 1 atom stereocenters. The lowest BCUT2D eigenvalue weighted by molar-refractivity contribution is -0.385. The average molecular weight is 357 g/mol. The Morgan fingerprint density at radius 3 is 2.60 bits per heavy atom. The Kier molecular flexibility index (Phi) is 5.06. The first-order valence-electron chi connectivity index (χ1n) is 5.10. The Labute approximate surface area is 118 Å². The molecule has 1 rings (SSSR count). The molecular weight excluding hydrogens is 349 g/mol. The molecule has 0 bridgehead atoms. The van der Waals surface area contributed by atoms with E-state index in [4.69, 9.17) is 5.11 Å². The lowest BCUT2D eigenvalue weighted by Gasteiger charge is -2.15. The second-order valence-electron chi connectivity index (χ2n) is 3.66. The third-order valence-corrected chi connectivity index (χ3v) is 3.09. The van der Waals surface area contributed by atoms with E-state index in [0.29, 0.717) is 0 Å². The molecule has 1 amide bonds. The van der Waals surface area contributed by atoms with Crippen molar-refractivity contribution < 1.29 is 28.0 Å². The summed E-state index contributed by atoms with van der Waals surface area (Å²) in [5.41, 5.74) is -0.595. The van der Waals surface area contributed by atoms with E-state index in [1.807, 2.05) is 5.32 Å². The molecule has 0 radical (unpaired) electrons. The van der Waals surface area contributed by atoms with Crippen LogP contribution in [-0.2, 0) is 0 Å². The molecule has 110 valence electrons. The van der Waals surface area contributed by atoms with Gasteiger partial charge in [-0.25, -0.2) is 0 Å². The minimum atomic E-state index is -4.85. The van der Waals surface area contributed by atoms with E-state index < -0.39 is 35.3 Å². The van der Waals surface area contributed by atoms with Gasteiger partial charge in [-0.05, 0) is 22.0 Å². The van der Waals surface area contributed by atoms with Gasteiger partial charge in [0.1, 0.15) is 4.47 Å². The van der Waals surface area contributed by atoms with Gasteiger partial charge in [-0.15, -0.1) is 0 Å². The fourth-order valence-electron chi connectivity index (χ4n) is 1.24. The molecule has 6 nitrogen and oxygen atoms in total. The number of nitro groups is 1. The van der Waals surface area contributed by atoms with Crippen molar-refractivity contribution in [3.05, 3.63) is 38.3 Å². The number of carbonyl (C=O) groups excluding carboxylic acids is 1. The Balaban J connectivity index is 2.84. The van der Waals surface area contributed by atoms with Gasteiger partial charge in [-0.2, -0.15) is 13.2 Å². The van der Waals surface area contributed by atoms with E-state index >= 15 is 0 Å². The first-order valence-corrected chi connectivity index (χ1v) is 5.89. The zero-order chi connectivity index (χ0) is 15.5. The molecule has 0 heterocycles. The van der Waals surface area contributed by atoms with E-state index in [0.717, 1.165) is 6.07 Å². The largest absolute Gasteiger partial charge is 0.416 e. The second kappa shape index (κ2) is 6.18. The number of rotatable bonds is 4. The van der Waals surface area contributed by atoms with Crippen LogP contribution in [0.1, 0.15) is 10.4 Å². The lowest BCUT2D eigenvalue weighted by atomic mass is 10.2. The summed E-state index contributed by atoms with van der Waals surface area (Å²) >= 11 is 2.84. The van der Waals surface area contributed by atoms with Crippen LogP contribution >= 0.6 is 15.9 Å². The lowest BCUT2D eigenvalue weighted by Crippen LogP contribution is -2.40. The zero-order valence-electron chi connectivity index (χ0n) is 9.65. The summed E-state index contributed by atoms with van der Waals surface area (Å²) in [6.45, 7) is -1.04. The summed E-state index contributed by atoms with van der Waals surface area (Å²) < 4.78 is 36.0. The number of nitro benzene ring substituents is 1. The van der Waals surface area contributed by atoms with E-state index in [1.165, 1.54) is 12.1 Å². The summed E-state index contributed by atoms with van der Waals surface area (Å²) in [5, 5.41) is 21.2. The highest BCUT2D eigenvalue weighted by Gasteiger charge is 2.38. The van der Waals surface area contributed by atoms with Crippen molar-refractivity contribution in [2.75, 3.05) is 6.54 Å². The summed E-state index contributed by atoms with van der Waals surface area (Å²) in [4.78, 5) is 21.5. The minimum Gasteiger partial charge on any atom is -0.382 e. The van der Waals surface area contributed by atoms with Crippen LogP contribution in [0.15, 0.2) is 22.7 Å². The van der Waals surface area contributed by atoms with E-state index in [-0.39, 0.29) is 10.0 Å². The van der Waals surface area contributed by atoms with Gasteiger partial charge >= 0.3 is 6.18 Å². The maximum atomic E-state index is 12.1. The third-order valence-electron chi connectivity index (χ3n) is 2.25. The zero-order valence-corrected chi connectivity index (χ0v) is 11.2. The van der Waals surface area contributed by atoms with E-state index in [2.05, 4.69) is 15.9 Å². The van der Waals surface area contributed by atoms with Crippen molar-refractivity contribution in [2.45, 2.75) is 12.3 Å². The summed E-state index contributed by atoms with van der Waals surface area (Å²) in [6, 6.07) is 3.55. The normalized spacial score (nSPS) is 12.8. The number of halogens is 4. The number of hydrogen-bond acceptors (Lipinski definition) is 4. The topological polar surface area (TPSA) is 92.5 Å². The van der Waals surface area contributed by atoms with Crippen molar-refractivity contribution in [3.8, 4) is 0 Å². The highest BCUT2D eigenvalue weighted by Crippen LogP contribution is 2.28. The van der Waals surface area contributed by atoms with Crippen LogP contribution in [0.5, 0.6) is 0 Å². The Bertz CT molecular complexity index is 536. The second-order valence-corrected chi connectivity index (χ2v) is 4.46. The Hall–Kier alpha value is -1.68. The molecular formula is C10H8BrF3N2O4. The number of hydrogen-bond donors (Lipinski definition) is 2. The molecule has 0 aliphatic carbocycles. The first kappa shape index (κ1) is 16.4. The number of nitrogens with zero attached hydrogens (tertiary/aromatic N) is 1. The number of amides is 1. The summed E-state index contributed by atoms with van der Waals surface area (Å²) in [5.74, 6) is -0.969. The molecule has 0 saturated heterocycles. The molecule has 1 aromatic rings. The highest BCUT2D eigenvalue weighted by molar-refractivity contribution is 9.10. The maximum absolute atomic E-state index is 12.1. The average Bonchev–Trinajstić information content (AvgIpc) is 2.34. The Morgan fingerprint density at radius 2 is 2.10 bits per heavy atom. The van der Waals surface area contributed by atoms with Crippen LogP contribution in [0, 0.1) is 10.1 Å². The number of nitrogens with one attached hydrogen (secondary N) is 1. The molecule has 1 unspecified atom stereocenters. The summed E-state index contributed by atoms with van der Waals surface area (Å²) in [6.07, 6.45) is -7.56. The van der Waals surface area contributed by atoms with Gasteiger partial charge in [-0.1, -0.05) is 6.07 Å². The number of aliphatic hydroxyl groups is 1. The standard InChI is InChI=1S/C10H8BrF3N2O4/c11-8-5(2-1-3-6(8)16(19)20)9(18)15-4-7(17)10(12,13)14/h1-3,7,17H,4H2,(H,15,18). The van der Waals surface area contributed by atoms with Crippen LogP contribution in [0.2, 0.25) is 0 Å². The molecule has 0 aliphatic rings. The quantitative estimate of drug-likeness (QED) is 0.637. The minimum absolute atomic E-state index is 0.149. The fraction of sp³-hybridized carbons (Fsp3) is 0.300. The van der Waals surface area contributed by atoms with Crippen LogP contribution in [0.3, 0.4) is 0 Å². The van der Waals surface area contributed by atoms with Gasteiger partial charge in [0.2, 0.25) is 0 Å². The number of benzene rings is 1. The first-order chi connectivity index (χ1) is 9.14. The maximum Gasteiger partial charge on any atom is 0.416 e. The molecule has 0 fully saturated rings. The van der Waals surface area contributed by atoms with Gasteiger partial charge in [0.25, 0.3) is 11.6 Å². The van der Waals surface area contributed by atoms with Crippen molar-refractivity contribution in [2.24, 2.45) is 0 Å². The molecule has 10 heteroatoms. The van der Waals surface area contributed by atoms with Gasteiger partial charge in [-0.3, -0.25) is 14.9 Å². The van der Waals surface area contributed by atoms with Crippen molar-refractivity contribution >= 4 is 27.5 Å². The molecule has 0 spiro atoms. The molecule has 20 heavy (non-hydrogen) atoms. The van der Waals surface area contributed by atoms with Crippen LogP contribution in [-0.4, -0.2) is 34.8 Å². The number of aliphatic hydroxyl groups excluding tert-OH is 1. The van der Waals surface area contributed by atoms with Gasteiger partial charge < -0.3 is 10.4 Å². The fourth-order valence-corrected chi connectivity index (χ4v) is 1.83. The molecule has 1 aromatic carbocycles. The van der Waals surface area contributed by atoms with Gasteiger partial charge in [0.05, 0.1) is 17.0 Å². The monoisotopic (exact) mass is 356 g/mol. The van der Waals surface area contributed by atoms with Crippen LogP contribution < -0.4 is 5.32 Å². The molecule has 0 aliphatic heterocycles. The highest BCUT2D eigenvalue weighted by atomic mass is 79.9. The van der Waals surface area contributed by atoms with Crippen molar-refractivity contribution in [1.82, 2.24) is 5.32 Å². The SMILES string of the molecule is O=C(NCC(O)C(F)(F)F)c1cccc([N+](=O)[O-])c1Br. The molecule has 0 saturated carbocycles. The van der Waals surface area contributed by atoms with E-state index in [1.54, 1.807) is 0 Å². The number of alkyl halides is 3. The molecule has 2 N–H and O–H groups in total. The smallest absolute Gasteiger partial charge is 0.382 e. The van der Waals surface area contributed by atoms with E-state index in [9.17, 15) is 28.1 Å². The third kappa shape index (κ3) is 3.90. The van der Waals surface area contributed by atoms with Gasteiger partial charge in [0.15, 0.2) is 6.10 Å². The predicted octanol–water partition coefficient (Wildman–Crippen LogP) is 2.01. The Morgan fingerprint density at radius 1 is 1.50 bits per heavy atom. The predicted molar refractivity (Wildman–Crippen MR) is 65.2 cm³/mol. The van der Waals surface area contributed by atoms with Crippen LogP contribution in [0.4, 0.5) is 18.9 Å². The van der Waals surface area contributed by atoms with Crippen molar-refractivity contribution in [1.29, 1.82) is 0 Å². The van der Waals surface area contributed by atoms with Crippen LogP contribution in [0.25, 0.3) is 0 Å². The summed E-state index contributed by atoms with van der Waals surface area (Å²) in [7, 11) is 0. The van der Waals surface area contributed by atoms with Gasteiger partial charge in [0, 0.05) is 6.07 Å². The van der Waals surface area contributed by atoms with Crippen molar-refractivity contribution in [3.63, 3.8) is 0 Å².